The summed E-state index contributed by atoms with van der Waals surface area (Å²) in [6.45, 7) is 3.31. The molecule has 1 aliphatic carbocycles. The lowest BCUT2D eigenvalue weighted by atomic mass is 10.1. The van der Waals surface area contributed by atoms with Crippen LogP contribution in [0, 0.1) is 16.0 Å². The molecule has 19 heavy (non-hydrogen) atoms. The quantitative estimate of drug-likeness (QED) is 0.638. The maximum absolute atomic E-state index is 11.9. The first-order valence-corrected chi connectivity index (χ1v) is 7.04. The van der Waals surface area contributed by atoms with Gasteiger partial charge in [-0.25, -0.2) is 0 Å². The molecule has 0 aromatic carbocycles. The standard InChI is InChI=1S/C12H16BrN3O3/c1-8(5-14-10-2-3-10)6-15-7-9(13)4-11(12(15)17)16(18)19/h4,7-8,10,14H,2-3,5-6H2,1H3. The number of hydrogen-bond acceptors (Lipinski definition) is 4. The molecule has 2 rings (SSSR count). The van der Waals surface area contributed by atoms with Gasteiger partial charge in [-0.15, -0.1) is 0 Å². The van der Waals surface area contributed by atoms with E-state index in [-0.39, 0.29) is 5.92 Å². The van der Waals surface area contributed by atoms with Crippen LogP contribution in [0.1, 0.15) is 19.8 Å². The average Bonchev–Trinajstić information content (AvgIpc) is 3.14. The molecule has 0 radical (unpaired) electrons. The second kappa shape index (κ2) is 5.83. The molecule has 1 unspecified atom stereocenters. The molecule has 1 saturated carbocycles. The number of hydrogen-bond donors (Lipinski definition) is 1. The van der Waals surface area contributed by atoms with Gasteiger partial charge in [0.25, 0.3) is 0 Å². The highest BCUT2D eigenvalue weighted by molar-refractivity contribution is 9.10. The molecule has 0 saturated heterocycles. The van der Waals surface area contributed by atoms with Crippen LogP contribution in [-0.2, 0) is 6.54 Å². The van der Waals surface area contributed by atoms with Gasteiger partial charge >= 0.3 is 11.2 Å². The summed E-state index contributed by atoms with van der Waals surface area (Å²) in [7, 11) is 0. The third-order valence-corrected chi connectivity index (χ3v) is 3.50. The van der Waals surface area contributed by atoms with Crippen LogP contribution in [0.4, 0.5) is 5.69 Å². The van der Waals surface area contributed by atoms with E-state index in [0.29, 0.717) is 17.1 Å². The largest absolute Gasteiger partial charge is 0.335 e. The monoisotopic (exact) mass is 329 g/mol. The zero-order valence-corrected chi connectivity index (χ0v) is 12.2. The lowest BCUT2D eigenvalue weighted by Gasteiger charge is -2.14. The summed E-state index contributed by atoms with van der Waals surface area (Å²) in [5.41, 5.74) is -0.941. The van der Waals surface area contributed by atoms with Crippen molar-refractivity contribution in [1.29, 1.82) is 0 Å². The van der Waals surface area contributed by atoms with Crippen molar-refractivity contribution < 1.29 is 4.92 Å². The van der Waals surface area contributed by atoms with Crippen LogP contribution in [0.5, 0.6) is 0 Å². The maximum atomic E-state index is 11.9. The topological polar surface area (TPSA) is 77.2 Å². The summed E-state index contributed by atoms with van der Waals surface area (Å²) in [6.07, 6.45) is 4.03. The van der Waals surface area contributed by atoms with Gasteiger partial charge in [-0.3, -0.25) is 14.9 Å². The van der Waals surface area contributed by atoms with E-state index >= 15 is 0 Å². The lowest BCUT2D eigenvalue weighted by molar-refractivity contribution is -0.386. The van der Waals surface area contributed by atoms with Crippen LogP contribution in [0.25, 0.3) is 0 Å². The summed E-state index contributed by atoms with van der Waals surface area (Å²) in [5.74, 6) is 0.243. The molecule has 1 heterocycles. The SMILES string of the molecule is CC(CNC1CC1)Cn1cc(Br)cc([N+](=O)[O-])c1=O. The molecule has 104 valence electrons. The van der Waals surface area contributed by atoms with Gasteiger partial charge in [0.2, 0.25) is 0 Å². The average molecular weight is 330 g/mol. The summed E-state index contributed by atoms with van der Waals surface area (Å²) < 4.78 is 1.95. The number of nitrogens with zero attached hydrogens (tertiary/aromatic N) is 2. The van der Waals surface area contributed by atoms with Gasteiger partial charge in [-0.2, -0.15) is 0 Å². The van der Waals surface area contributed by atoms with Crippen molar-refractivity contribution in [3.8, 4) is 0 Å². The molecule has 0 spiro atoms. The molecule has 7 heteroatoms. The van der Waals surface area contributed by atoms with Crippen molar-refractivity contribution in [3.05, 3.63) is 37.2 Å². The second-order valence-corrected chi connectivity index (χ2v) is 5.96. The Labute approximate surface area is 119 Å². The molecule has 1 aromatic heterocycles. The number of halogens is 1. The van der Waals surface area contributed by atoms with E-state index in [4.69, 9.17) is 0 Å². The molecule has 0 bridgehead atoms. The van der Waals surface area contributed by atoms with Gasteiger partial charge in [-0.1, -0.05) is 6.92 Å². The Hall–Kier alpha value is -1.21. The number of pyridine rings is 1. The maximum Gasteiger partial charge on any atom is 0.335 e. The van der Waals surface area contributed by atoms with E-state index in [1.807, 2.05) is 6.92 Å². The molecule has 1 N–H and O–H groups in total. The minimum Gasteiger partial charge on any atom is -0.314 e. The van der Waals surface area contributed by atoms with Crippen molar-refractivity contribution in [2.75, 3.05) is 6.54 Å². The molecule has 6 nitrogen and oxygen atoms in total. The first kappa shape index (κ1) is 14.2. The molecule has 0 amide bonds. The van der Waals surface area contributed by atoms with Crippen LogP contribution < -0.4 is 10.9 Å². The zero-order valence-electron chi connectivity index (χ0n) is 10.6. The molecule has 1 fully saturated rings. The van der Waals surface area contributed by atoms with Crippen LogP contribution in [-0.4, -0.2) is 22.1 Å². The molecule has 1 atom stereocenters. The van der Waals surface area contributed by atoms with E-state index < -0.39 is 16.2 Å². The summed E-state index contributed by atoms with van der Waals surface area (Å²) in [5, 5.41) is 14.2. The van der Waals surface area contributed by atoms with Gasteiger partial charge in [0.15, 0.2) is 0 Å². The van der Waals surface area contributed by atoms with Crippen LogP contribution >= 0.6 is 15.9 Å². The first-order valence-electron chi connectivity index (χ1n) is 6.25. The Kier molecular flexibility index (Phi) is 4.36. The highest BCUT2D eigenvalue weighted by atomic mass is 79.9. The van der Waals surface area contributed by atoms with Gasteiger partial charge in [0, 0.05) is 29.3 Å². The van der Waals surface area contributed by atoms with Crippen molar-refractivity contribution >= 4 is 21.6 Å². The first-order chi connectivity index (χ1) is 8.97. The zero-order chi connectivity index (χ0) is 14.0. The van der Waals surface area contributed by atoms with E-state index in [1.165, 1.54) is 23.5 Å². The Morgan fingerprint density at radius 3 is 2.89 bits per heavy atom. The molecular formula is C12H16BrN3O3. The van der Waals surface area contributed by atoms with Crippen LogP contribution in [0.2, 0.25) is 0 Å². The highest BCUT2D eigenvalue weighted by Crippen LogP contribution is 2.19. The number of nitro groups is 1. The van der Waals surface area contributed by atoms with E-state index in [1.54, 1.807) is 6.20 Å². The van der Waals surface area contributed by atoms with Gasteiger partial charge < -0.3 is 9.88 Å². The van der Waals surface area contributed by atoms with E-state index in [2.05, 4.69) is 21.2 Å². The normalized spacial score (nSPS) is 16.3. The Balaban J connectivity index is 2.09. The summed E-state index contributed by atoms with van der Waals surface area (Å²) in [6, 6.07) is 1.86. The number of aromatic nitrogens is 1. The minimum atomic E-state index is -0.642. The molecule has 0 aliphatic heterocycles. The van der Waals surface area contributed by atoms with Crippen LogP contribution in [0.15, 0.2) is 21.5 Å². The fourth-order valence-corrected chi connectivity index (χ4v) is 2.37. The van der Waals surface area contributed by atoms with Crippen molar-refractivity contribution in [3.63, 3.8) is 0 Å². The molecule has 1 aliphatic rings. The molecular weight excluding hydrogens is 314 g/mol. The number of rotatable bonds is 6. The lowest BCUT2D eigenvalue weighted by Crippen LogP contribution is -2.30. The molecule has 1 aromatic rings. The Morgan fingerprint density at radius 1 is 1.63 bits per heavy atom. The van der Waals surface area contributed by atoms with Crippen molar-refractivity contribution in [2.45, 2.75) is 32.4 Å². The van der Waals surface area contributed by atoms with Crippen molar-refractivity contribution in [2.24, 2.45) is 5.92 Å². The Bertz CT molecular complexity index is 540. The summed E-state index contributed by atoms with van der Waals surface area (Å²) in [4.78, 5) is 22.1. The third-order valence-electron chi connectivity index (χ3n) is 3.07. The second-order valence-electron chi connectivity index (χ2n) is 5.05. The van der Waals surface area contributed by atoms with Gasteiger partial charge in [-0.05, 0) is 41.2 Å². The highest BCUT2D eigenvalue weighted by Gasteiger charge is 2.21. The van der Waals surface area contributed by atoms with Crippen LogP contribution in [0.3, 0.4) is 0 Å². The fourth-order valence-electron chi connectivity index (χ4n) is 1.91. The number of nitrogens with one attached hydrogen (secondary N) is 1. The minimum absolute atomic E-state index is 0.243. The fraction of sp³-hybridized carbons (Fsp3) is 0.583. The predicted octanol–water partition coefficient (Wildman–Crippen LogP) is 1.91. The Morgan fingerprint density at radius 2 is 2.32 bits per heavy atom. The summed E-state index contributed by atoms with van der Waals surface area (Å²) >= 11 is 3.20. The van der Waals surface area contributed by atoms with E-state index in [0.717, 1.165) is 6.54 Å². The third kappa shape index (κ3) is 3.87. The smallest absolute Gasteiger partial charge is 0.314 e. The van der Waals surface area contributed by atoms with E-state index in [9.17, 15) is 14.9 Å². The van der Waals surface area contributed by atoms with Crippen molar-refractivity contribution in [1.82, 2.24) is 9.88 Å². The van der Waals surface area contributed by atoms with Gasteiger partial charge in [0.1, 0.15) is 0 Å². The van der Waals surface area contributed by atoms with Gasteiger partial charge in [0.05, 0.1) is 4.92 Å². The predicted molar refractivity (Wildman–Crippen MR) is 75.2 cm³/mol.